The first-order valence-electron chi connectivity index (χ1n) is 1.79. The lowest BCUT2D eigenvalue weighted by Gasteiger charge is -1.88. The molecule has 0 bridgehead atoms. The van der Waals surface area contributed by atoms with Crippen molar-refractivity contribution in [3.05, 3.63) is 0 Å². The van der Waals surface area contributed by atoms with Crippen LogP contribution in [-0.2, 0) is 15.7 Å². The molecule has 0 aromatic heterocycles. The van der Waals surface area contributed by atoms with E-state index in [4.69, 9.17) is 0 Å². The van der Waals surface area contributed by atoms with E-state index in [2.05, 4.69) is 4.84 Å². The lowest BCUT2D eigenvalue weighted by Crippen LogP contribution is -2.10. The van der Waals surface area contributed by atoms with Crippen LogP contribution in [-0.4, -0.2) is 15.0 Å². The van der Waals surface area contributed by atoms with Crippen molar-refractivity contribution in [1.82, 2.24) is 4.89 Å². The second-order valence-electron chi connectivity index (χ2n) is 0.781. The molecule has 44 valence electrons. The van der Waals surface area contributed by atoms with Gasteiger partial charge in [0.15, 0.2) is 0 Å². The summed E-state index contributed by atoms with van der Waals surface area (Å²) in [4.78, 5) is 6.00. The van der Waals surface area contributed by atoms with Crippen molar-refractivity contribution in [3.63, 3.8) is 0 Å². The van der Waals surface area contributed by atoms with Gasteiger partial charge in [-0.3, -0.25) is 4.84 Å². The number of thiol groups is 1. The van der Waals surface area contributed by atoms with Crippen LogP contribution in [0.15, 0.2) is 0 Å². The summed E-state index contributed by atoms with van der Waals surface area (Å²) < 4.78 is 19.1. The fraction of sp³-hybridized carbons (Fsp3) is 1.00. The Kier molecular flexibility index (Phi) is 3.97. The van der Waals surface area contributed by atoms with Gasteiger partial charge >= 0.3 is 0 Å². The van der Waals surface area contributed by atoms with Gasteiger partial charge in [0, 0.05) is 0 Å². The molecule has 0 heterocycles. The van der Waals surface area contributed by atoms with E-state index in [9.17, 15) is 8.42 Å². The van der Waals surface area contributed by atoms with Crippen molar-refractivity contribution < 1.29 is 13.3 Å². The van der Waals surface area contributed by atoms with Crippen LogP contribution < -0.4 is 4.89 Å². The van der Waals surface area contributed by atoms with E-state index in [0.717, 1.165) is 0 Å². The van der Waals surface area contributed by atoms with Gasteiger partial charge in [-0.1, -0.05) is 4.89 Å². The van der Waals surface area contributed by atoms with Gasteiger partial charge in [0.05, 0.1) is 6.61 Å². The Bertz CT molecular complexity index is 91.1. The van der Waals surface area contributed by atoms with Crippen LogP contribution in [0.5, 0.6) is 0 Å². The van der Waals surface area contributed by atoms with Crippen LogP contribution in [0.1, 0.15) is 6.92 Å². The summed E-state index contributed by atoms with van der Waals surface area (Å²) in [6.45, 7) is 2.04. The summed E-state index contributed by atoms with van der Waals surface area (Å²) in [5, 5.41) is 0. The van der Waals surface area contributed by atoms with Gasteiger partial charge in [-0.2, -0.15) is 0 Å². The molecule has 1 N–H and O–H groups in total. The molecule has 0 unspecified atom stereocenters. The van der Waals surface area contributed by atoms with E-state index in [1.54, 1.807) is 11.8 Å². The van der Waals surface area contributed by atoms with E-state index in [-0.39, 0.29) is 0 Å². The summed E-state index contributed by atoms with van der Waals surface area (Å²) in [5.74, 6) is 0. The zero-order valence-corrected chi connectivity index (χ0v) is 4.77. The van der Waals surface area contributed by atoms with Crippen LogP contribution in [0.3, 0.4) is 0 Å². The fourth-order valence-electron chi connectivity index (χ4n) is 0.117. The van der Waals surface area contributed by atoms with Crippen molar-refractivity contribution in [2.75, 3.05) is 6.61 Å². The molecule has 0 rings (SSSR count). The van der Waals surface area contributed by atoms with Gasteiger partial charge in [-0.15, -0.1) is 0 Å². The zero-order valence-electron chi connectivity index (χ0n) is 3.88. The molecule has 0 atom stereocenters. The van der Waals surface area contributed by atoms with Crippen molar-refractivity contribution in [1.29, 1.82) is 0 Å². The third-order valence-corrected chi connectivity index (χ3v) is 0.562. The van der Waals surface area contributed by atoms with Gasteiger partial charge in [-0.05, 0) is 6.92 Å². The van der Waals surface area contributed by atoms with Gasteiger partial charge in [0.2, 0.25) is 10.9 Å². The van der Waals surface area contributed by atoms with Crippen molar-refractivity contribution in [2.24, 2.45) is 0 Å². The molecule has 0 fully saturated rings. The van der Waals surface area contributed by atoms with Crippen molar-refractivity contribution in [3.8, 4) is 0 Å². The molecular weight excluding hydrogens is 118 g/mol. The number of hydrogen-bond acceptors (Lipinski definition) is 3. The standard InChI is InChI=1S/C2H7NO3S/c1-2-6-3-7(4)5/h7H,2H2,1H3,(H,3,4,5). The molecular formula is C2H7NO3S. The maximum atomic E-state index is 9.56. The van der Waals surface area contributed by atoms with Gasteiger partial charge in [-0.25, -0.2) is 8.42 Å². The van der Waals surface area contributed by atoms with Crippen LogP contribution in [0.4, 0.5) is 0 Å². The first-order valence-corrected chi connectivity index (χ1v) is 2.97. The van der Waals surface area contributed by atoms with E-state index in [1.807, 2.05) is 0 Å². The SMILES string of the molecule is CCON[SH](=O)=O. The quantitative estimate of drug-likeness (QED) is 0.378. The average Bonchev–Trinajstić information content (AvgIpc) is 1.61. The van der Waals surface area contributed by atoms with E-state index >= 15 is 0 Å². The molecule has 0 aliphatic rings. The highest BCUT2D eigenvalue weighted by Crippen LogP contribution is 1.59. The van der Waals surface area contributed by atoms with E-state index in [0.29, 0.717) is 6.61 Å². The van der Waals surface area contributed by atoms with Gasteiger partial charge in [0.25, 0.3) is 0 Å². The molecule has 5 heteroatoms. The highest BCUT2D eigenvalue weighted by Gasteiger charge is 1.75. The van der Waals surface area contributed by atoms with Crippen LogP contribution in [0, 0.1) is 0 Å². The lowest BCUT2D eigenvalue weighted by molar-refractivity contribution is 0.108. The molecule has 0 radical (unpaired) electrons. The maximum absolute atomic E-state index is 9.56. The Hall–Kier alpha value is -0.130. The minimum atomic E-state index is -2.58. The average molecular weight is 125 g/mol. The van der Waals surface area contributed by atoms with Gasteiger partial charge < -0.3 is 0 Å². The molecule has 0 spiro atoms. The smallest absolute Gasteiger partial charge is 0.223 e. The first-order chi connectivity index (χ1) is 3.27. The van der Waals surface area contributed by atoms with E-state index in [1.165, 1.54) is 0 Å². The summed E-state index contributed by atoms with van der Waals surface area (Å²) in [6.07, 6.45) is 0. The predicted molar refractivity (Wildman–Crippen MR) is 25.1 cm³/mol. The zero-order chi connectivity index (χ0) is 5.70. The molecule has 0 saturated heterocycles. The molecule has 0 aromatic carbocycles. The molecule has 0 aliphatic carbocycles. The minimum absolute atomic E-state index is 0.351. The van der Waals surface area contributed by atoms with E-state index < -0.39 is 10.9 Å². The fourth-order valence-corrected chi connectivity index (χ4v) is 0.352. The molecule has 0 aliphatic heterocycles. The van der Waals surface area contributed by atoms with Crippen LogP contribution in [0.25, 0.3) is 0 Å². The topological polar surface area (TPSA) is 55.4 Å². The summed E-state index contributed by atoms with van der Waals surface area (Å²) >= 11 is 0. The Morgan fingerprint density at radius 1 is 1.71 bits per heavy atom. The molecule has 0 saturated carbocycles. The molecule has 4 nitrogen and oxygen atoms in total. The Morgan fingerprint density at radius 3 is 2.43 bits per heavy atom. The molecule has 0 amide bonds. The highest BCUT2D eigenvalue weighted by atomic mass is 32.2. The number of hydrogen-bond donors (Lipinski definition) is 2. The Morgan fingerprint density at radius 2 is 2.29 bits per heavy atom. The van der Waals surface area contributed by atoms with Crippen LogP contribution in [0.2, 0.25) is 0 Å². The summed E-state index contributed by atoms with van der Waals surface area (Å²) in [5.41, 5.74) is 0. The Labute approximate surface area is 43.5 Å². The number of rotatable bonds is 3. The van der Waals surface area contributed by atoms with Crippen molar-refractivity contribution in [2.45, 2.75) is 6.92 Å². The highest BCUT2D eigenvalue weighted by molar-refractivity contribution is 7.70. The Balaban J connectivity index is 2.98. The molecule has 0 aromatic rings. The summed E-state index contributed by atoms with van der Waals surface area (Å²) in [6, 6.07) is 0. The number of nitrogens with one attached hydrogen (secondary N) is 1. The normalized spacial score (nSPS) is 10.0. The third kappa shape index (κ3) is 5.87. The first kappa shape index (κ1) is 6.87. The van der Waals surface area contributed by atoms with Gasteiger partial charge in [0.1, 0.15) is 0 Å². The lowest BCUT2D eigenvalue weighted by atomic mass is 10.9. The predicted octanol–water partition coefficient (Wildman–Crippen LogP) is -0.946. The minimum Gasteiger partial charge on any atom is -0.288 e. The third-order valence-electron chi connectivity index (χ3n) is 0.283. The maximum Gasteiger partial charge on any atom is 0.223 e. The monoisotopic (exact) mass is 125 g/mol. The molecule has 7 heavy (non-hydrogen) atoms. The largest absolute Gasteiger partial charge is 0.288 e. The summed E-state index contributed by atoms with van der Waals surface area (Å²) in [7, 11) is -2.58. The second-order valence-corrected chi connectivity index (χ2v) is 1.48. The van der Waals surface area contributed by atoms with Crippen molar-refractivity contribution >= 4 is 10.9 Å². The van der Waals surface area contributed by atoms with Crippen LogP contribution >= 0.6 is 0 Å². The second kappa shape index (κ2) is 4.04.